The van der Waals surface area contributed by atoms with Crippen molar-refractivity contribution in [2.75, 3.05) is 30.3 Å². The van der Waals surface area contributed by atoms with Gasteiger partial charge in [-0.3, -0.25) is 0 Å². The zero-order valence-corrected chi connectivity index (χ0v) is 9.74. The van der Waals surface area contributed by atoms with Crippen LogP contribution in [0.5, 0.6) is 0 Å². The molecule has 1 unspecified atom stereocenters. The maximum Gasteiger partial charge on any atom is 0.418 e. The molecule has 1 aliphatic rings. The molecule has 0 aromatic heterocycles. The fourth-order valence-corrected chi connectivity index (χ4v) is 2.26. The maximum atomic E-state index is 12.9. The minimum absolute atomic E-state index is 0.00677. The van der Waals surface area contributed by atoms with Gasteiger partial charge in [0.25, 0.3) is 0 Å². The highest BCUT2D eigenvalue weighted by Gasteiger charge is 2.36. The quantitative estimate of drug-likeness (QED) is 0.801. The Morgan fingerprint density at radius 1 is 1.39 bits per heavy atom. The summed E-state index contributed by atoms with van der Waals surface area (Å²) in [4.78, 5) is 1.66. The van der Waals surface area contributed by atoms with Crippen LogP contribution in [0.2, 0.25) is 0 Å². The fourth-order valence-electron chi connectivity index (χ4n) is 2.26. The summed E-state index contributed by atoms with van der Waals surface area (Å²) in [6, 6.07) is 3.83. The molecule has 1 saturated heterocycles. The van der Waals surface area contributed by atoms with Crippen LogP contribution in [0.3, 0.4) is 0 Å². The van der Waals surface area contributed by atoms with Gasteiger partial charge in [-0.15, -0.1) is 0 Å². The molecule has 1 aliphatic heterocycles. The van der Waals surface area contributed by atoms with Gasteiger partial charge < -0.3 is 15.7 Å². The van der Waals surface area contributed by atoms with Crippen LogP contribution in [0.4, 0.5) is 24.5 Å². The molecule has 6 heteroatoms. The van der Waals surface area contributed by atoms with E-state index in [2.05, 4.69) is 0 Å². The van der Waals surface area contributed by atoms with Gasteiger partial charge in [-0.05, 0) is 24.6 Å². The van der Waals surface area contributed by atoms with Gasteiger partial charge in [0.05, 0.1) is 5.56 Å². The molecule has 0 aliphatic carbocycles. The number of rotatable bonds is 2. The van der Waals surface area contributed by atoms with Crippen molar-refractivity contribution >= 4 is 11.4 Å². The number of hydrogen-bond acceptors (Lipinski definition) is 3. The van der Waals surface area contributed by atoms with E-state index in [9.17, 15) is 13.2 Å². The third-order valence-corrected chi connectivity index (χ3v) is 3.21. The summed E-state index contributed by atoms with van der Waals surface area (Å²) in [6.07, 6.45) is -3.71. The van der Waals surface area contributed by atoms with Crippen LogP contribution in [0.1, 0.15) is 12.0 Å². The Bertz CT molecular complexity index is 434. The van der Waals surface area contributed by atoms with Gasteiger partial charge in [-0.2, -0.15) is 13.2 Å². The summed E-state index contributed by atoms with van der Waals surface area (Å²) >= 11 is 0. The smallest absolute Gasteiger partial charge is 0.399 e. The van der Waals surface area contributed by atoms with Gasteiger partial charge in [-0.25, -0.2) is 0 Å². The third-order valence-electron chi connectivity index (χ3n) is 3.21. The monoisotopic (exact) mass is 260 g/mol. The van der Waals surface area contributed by atoms with E-state index < -0.39 is 11.7 Å². The van der Waals surface area contributed by atoms with E-state index in [0.717, 1.165) is 6.07 Å². The lowest BCUT2D eigenvalue weighted by Crippen LogP contribution is -2.24. The van der Waals surface area contributed by atoms with Crippen molar-refractivity contribution in [2.45, 2.75) is 12.6 Å². The summed E-state index contributed by atoms with van der Waals surface area (Å²) in [5.74, 6) is 0.0450. The van der Waals surface area contributed by atoms with Crippen LogP contribution in [0.25, 0.3) is 0 Å². The number of aliphatic hydroxyl groups is 1. The Balaban J connectivity index is 2.33. The summed E-state index contributed by atoms with van der Waals surface area (Å²) in [7, 11) is 0. The van der Waals surface area contributed by atoms with Gasteiger partial charge in [0, 0.05) is 37.0 Å². The average molecular weight is 260 g/mol. The SMILES string of the molecule is Nc1ccc(N2CCC(CO)C2)c(C(F)(F)F)c1. The highest BCUT2D eigenvalue weighted by Crippen LogP contribution is 2.39. The van der Waals surface area contributed by atoms with Gasteiger partial charge >= 0.3 is 6.18 Å². The van der Waals surface area contributed by atoms with Crippen molar-refractivity contribution in [1.82, 2.24) is 0 Å². The van der Waals surface area contributed by atoms with Gasteiger partial charge in [0.2, 0.25) is 0 Å². The Kier molecular flexibility index (Phi) is 3.38. The Hall–Kier alpha value is -1.43. The summed E-state index contributed by atoms with van der Waals surface area (Å²) < 4.78 is 38.8. The first-order valence-corrected chi connectivity index (χ1v) is 5.74. The number of alkyl halides is 3. The molecule has 0 bridgehead atoms. The van der Waals surface area contributed by atoms with Crippen LogP contribution < -0.4 is 10.6 Å². The molecule has 0 saturated carbocycles. The molecular formula is C12H15F3N2O. The van der Waals surface area contributed by atoms with E-state index in [-0.39, 0.29) is 23.9 Å². The normalized spacial score (nSPS) is 20.4. The van der Waals surface area contributed by atoms with Gasteiger partial charge in [0.1, 0.15) is 0 Å². The number of hydrogen-bond donors (Lipinski definition) is 2. The number of anilines is 2. The lowest BCUT2D eigenvalue weighted by atomic mass is 10.1. The summed E-state index contributed by atoms with van der Waals surface area (Å²) in [5, 5.41) is 9.04. The largest absolute Gasteiger partial charge is 0.418 e. The number of nitrogens with two attached hydrogens (primary N) is 1. The van der Waals surface area contributed by atoms with Crippen molar-refractivity contribution in [3.63, 3.8) is 0 Å². The molecule has 3 N–H and O–H groups in total. The maximum absolute atomic E-state index is 12.9. The predicted molar refractivity (Wildman–Crippen MR) is 63.3 cm³/mol. The van der Waals surface area contributed by atoms with Crippen LogP contribution in [0, 0.1) is 5.92 Å². The van der Waals surface area contributed by atoms with E-state index in [4.69, 9.17) is 10.8 Å². The van der Waals surface area contributed by atoms with E-state index in [1.54, 1.807) is 4.90 Å². The van der Waals surface area contributed by atoms with Crippen LogP contribution in [-0.2, 0) is 6.18 Å². The molecule has 1 aromatic carbocycles. The van der Waals surface area contributed by atoms with Crippen LogP contribution in [0.15, 0.2) is 18.2 Å². The zero-order valence-electron chi connectivity index (χ0n) is 9.74. The number of halogens is 3. The number of nitrogen functional groups attached to an aromatic ring is 1. The molecule has 1 fully saturated rings. The topological polar surface area (TPSA) is 49.5 Å². The molecule has 0 spiro atoms. The summed E-state index contributed by atoms with van der Waals surface area (Å²) in [5.41, 5.74) is 4.96. The average Bonchev–Trinajstić information content (AvgIpc) is 2.76. The number of nitrogens with zero attached hydrogens (tertiary/aromatic N) is 1. The molecule has 0 amide bonds. The number of aliphatic hydroxyl groups excluding tert-OH is 1. The van der Waals surface area contributed by atoms with Crippen molar-refractivity contribution in [3.8, 4) is 0 Å². The molecule has 1 heterocycles. The first kappa shape index (κ1) is 13.0. The lowest BCUT2D eigenvalue weighted by Gasteiger charge is -2.23. The molecule has 0 radical (unpaired) electrons. The zero-order chi connectivity index (χ0) is 13.3. The molecule has 18 heavy (non-hydrogen) atoms. The van der Waals surface area contributed by atoms with Crippen molar-refractivity contribution in [3.05, 3.63) is 23.8 Å². The van der Waals surface area contributed by atoms with Crippen molar-refractivity contribution < 1.29 is 18.3 Å². The molecule has 3 nitrogen and oxygen atoms in total. The summed E-state index contributed by atoms with van der Waals surface area (Å²) in [6.45, 7) is 0.981. The molecule has 100 valence electrons. The second-order valence-corrected chi connectivity index (χ2v) is 4.56. The van der Waals surface area contributed by atoms with E-state index >= 15 is 0 Å². The minimum Gasteiger partial charge on any atom is -0.399 e. The standard InChI is InChI=1S/C12H15F3N2O/c13-12(14,15)10-5-9(16)1-2-11(10)17-4-3-8(6-17)7-18/h1-2,5,8,18H,3-4,6-7,16H2. The molecular weight excluding hydrogens is 245 g/mol. The molecule has 1 aromatic rings. The van der Waals surface area contributed by atoms with Crippen LogP contribution in [-0.4, -0.2) is 24.8 Å². The third kappa shape index (κ3) is 2.53. The molecule has 1 atom stereocenters. The second kappa shape index (κ2) is 4.68. The molecule has 2 rings (SSSR count). The highest BCUT2D eigenvalue weighted by molar-refractivity contribution is 5.61. The minimum atomic E-state index is -4.41. The fraction of sp³-hybridized carbons (Fsp3) is 0.500. The first-order chi connectivity index (χ1) is 8.41. The number of benzene rings is 1. The first-order valence-electron chi connectivity index (χ1n) is 5.74. The van der Waals surface area contributed by atoms with E-state index in [0.29, 0.717) is 19.5 Å². The Morgan fingerprint density at radius 2 is 2.11 bits per heavy atom. The van der Waals surface area contributed by atoms with Crippen molar-refractivity contribution in [1.29, 1.82) is 0 Å². The van der Waals surface area contributed by atoms with E-state index in [1.807, 2.05) is 0 Å². The Morgan fingerprint density at radius 3 is 2.67 bits per heavy atom. The van der Waals surface area contributed by atoms with Gasteiger partial charge in [0.15, 0.2) is 0 Å². The van der Waals surface area contributed by atoms with Crippen molar-refractivity contribution in [2.24, 2.45) is 5.92 Å². The Labute approximate surface area is 103 Å². The van der Waals surface area contributed by atoms with E-state index in [1.165, 1.54) is 12.1 Å². The van der Waals surface area contributed by atoms with Crippen LogP contribution >= 0.6 is 0 Å². The highest BCUT2D eigenvalue weighted by atomic mass is 19.4. The second-order valence-electron chi connectivity index (χ2n) is 4.56. The predicted octanol–water partition coefficient (Wildman–Crippen LogP) is 2.11. The lowest BCUT2D eigenvalue weighted by molar-refractivity contribution is -0.137. The van der Waals surface area contributed by atoms with Gasteiger partial charge in [-0.1, -0.05) is 0 Å².